The van der Waals surface area contributed by atoms with Crippen molar-refractivity contribution in [3.05, 3.63) is 35.9 Å². The van der Waals surface area contributed by atoms with Gasteiger partial charge in [-0.25, -0.2) is 0 Å². The highest BCUT2D eigenvalue weighted by molar-refractivity contribution is 5.83. The van der Waals surface area contributed by atoms with Crippen LogP contribution in [0, 0.1) is 17.2 Å². The van der Waals surface area contributed by atoms with Gasteiger partial charge in [0.1, 0.15) is 6.04 Å². The van der Waals surface area contributed by atoms with Crippen LogP contribution >= 0.6 is 0 Å². The van der Waals surface area contributed by atoms with Crippen molar-refractivity contribution in [1.82, 2.24) is 5.32 Å². The average molecular weight is 243 g/mol. The van der Waals surface area contributed by atoms with E-state index in [1.165, 1.54) is 0 Å². The van der Waals surface area contributed by atoms with Crippen LogP contribution in [0.15, 0.2) is 30.3 Å². The van der Waals surface area contributed by atoms with Gasteiger partial charge in [0.15, 0.2) is 0 Å². The number of benzene rings is 1. The summed E-state index contributed by atoms with van der Waals surface area (Å²) in [6.07, 6.45) is 2.72. The average Bonchev–Trinajstić information content (AvgIpc) is 2.86. The highest BCUT2D eigenvalue weighted by Crippen LogP contribution is 2.25. The Morgan fingerprint density at radius 3 is 2.78 bits per heavy atom. The number of carbonyl (C=O) groups excluding carboxylic acids is 1. The molecule has 0 saturated heterocycles. The van der Waals surface area contributed by atoms with E-state index in [0.717, 1.165) is 24.8 Å². The maximum absolute atomic E-state index is 12.0. The number of rotatable bonds is 3. The van der Waals surface area contributed by atoms with E-state index < -0.39 is 6.04 Å². The summed E-state index contributed by atoms with van der Waals surface area (Å²) in [7, 11) is 0. The van der Waals surface area contributed by atoms with Crippen molar-refractivity contribution in [2.45, 2.75) is 31.3 Å². The topological polar surface area (TPSA) is 78.9 Å². The molecule has 1 aromatic carbocycles. The number of nitrogens with one attached hydrogen (secondary N) is 1. The molecule has 1 aromatic rings. The van der Waals surface area contributed by atoms with Crippen molar-refractivity contribution in [1.29, 1.82) is 5.26 Å². The summed E-state index contributed by atoms with van der Waals surface area (Å²) < 4.78 is 0. The van der Waals surface area contributed by atoms with Crippen molar-refractivity contribution in [3.8, 4) is 6.07 Å². The summed E-state index contributed by atoms with van der Waals surface area (Å²) in [5, 5.41) is 11.9. The van der Waals surface area contributed by atoms with Gasteiger partial charge in [-0.1, -0.05) is 30.3 Å². The smallest absolute Gasteiger partial charge is 0.241 e. The minimum absolute atomic E-state index is 0.0442. The van der Waals surface area contributed by atoms with Crippen LogP contribution in [-0.4, -0.2) is 11.9 Å². The van der Waals surface area contributed by atoms with Gasteiger partial charge in [-0.15, -0.1) is 0 Å². The number of nitrogens with zero attached hydrogens (tertiary/aromatic N) is 1. The molecule has 2 rings (SSSR count). The molecule has 1 aliphatic carbocycles. The van der Waals surface area contributed by atoms with Gasteiger partial charge in [-0.05, 0) is 24.8 Å². The standard InChI is InChI=1S/C14H17N3O/c15-9-11-7-4-8-12(11)17-14(18)13(16)10-5-2-1-3-6-10/h1-3,5-6,11-13H,4,7-8,16H2,(H,17,18)/t11?,12?,13-/m0/s1. The van der Waals surface area contributed by atoms with Gasteiger partial charge >= 0.3 is 0 Å². The predicted molar refractivity (Wildman–Crippen MR) is 68.3 cm³/mol. The first-order valence-electron chi connectivity index (χ1n) is 6.23. The zero-order chi connectivity index (χ0) is 13.0. The molecule has 4 heteroatoms. The molecule has 3 atom stereocenters. The third kappa shape index (κ3) is 2.69. The van der Waals surface area contributed by atoms with Crippen LogP contribution in [0.4, 0.5) is 0 Å². The summed E-state index contributed by atoms with van der Waals surface area (Å²) >= 11 is 0. The van der Waals surface area contributed by atoms with Crippen LogP contribution < -0.4 is 11.1 Å². The van der Waals surface area contributed by atoms with Gasteiger partial charge < -0.3 is 11.1 Å². The van der Waals surface area contributed by atoms with E-state index in [1.807, 2.05) is 30.3 Å². The van der Waals surface area contributed by atoms with Crippen molar-refractivity contribution in [3.63, 3.8) is 0 Å². The Kier molecular flexibility index (Phi) is 3.96. The second-order valence-electron chi connectivity index (χ2n) is 4.67. The van der Waals surface area contributed by atoms with E-state index in [-0.39, 0.29) is 17.9 Å². The minimum atomic E-state index is -0.661. The number of nitriles is 1. The van der Waals surface area contributed by atoms with Crippen molar-refractivity contribution < 1.29 is 4.79 Å². The first-order chi connectivity index (χ1) is 8.72. The Hall–Kier alpha value is -1.86. The van der Waals surface area contributed by atoms with Crippen LogP contribution in [0.3, 0.4) is 0 Å². The fourth-order valence-corrected chi connectivity index (χ4v) is 2.37. The van der Waals surface area contributed by atoms with Gasteiger partial charge in [0, 0.05) is 6.04 Å². The van der Waals surface area contributed by atoms with Crippen LogP contribution in [0.5, 0.6) is 0 Å². The van der Waals surface area contributed by atoms with E-state index in [9.17, 15) is 4.79 Å². The zero-order valence-corrected chi connectivity index (χ0v) is 10.2. The zero-order valence-electron chi connectivity index (χ0n) is 10.2. The van der Waals surface area contributed by atoms with Crippen molar-refractivity contribution in [2.75, 3.05) is 0 Å². The summed E-state index contributed by atoms with van der Waals surface area (Å²) in [5.74, 6) is -0.273. The fourth-order valence-electron chi connectivity index (χ4n) is 2.37. The lowest BCUT2D eigenvalue weighted by atomic mass is 10.0. The molecule has 1 amide bonds. The fraction of sp³-hybridized carbons (Fsp3) is 0.429. The van der Waals surface area contributed by atoms with Crippen LogP contribution in [-0.2, 0) is 4.79 Å². The molecule has 1 fully saturated rings. The molecule has 2 unspecified atom stereocenters. The van der Waals surface area contributed by atoms with Crippen molar-refractivity contribution >= 4 is 5.91 Å². The number of amides is 1. The summed E-state index contributed by atoms with van der Waals surface area (Å²) in [6.45, 7) is 0. The Labute approximate surface area is 107 Å². The molecule has 1 saturated carbocycles. The molecule has 1 aliphatic rings. The first kappa shape index (κ1) is 12.6. The predicted octanol–water partition coefficient (Wildman–Crippen LogP) is 1.49. The number of carbonyl (C=O) groups is 1. The number of nitrogens with two attached hydrogens (primary N) is 1. The molecular formula is C14H17N3O. The Bertz CT molecular complexity index is 452. The van der Waals surface area contributed by atoms with Crippen LogP contribution in [0.2, 0.25) is 0 Å². The summed E-state index contributed by atoms with van der Waals surface area (Å²) in [4.78, 5) is 12.0. The lowest BCUT2D eigenvalue weighted by Gasteiger charge is -2.19. The lowest BCUT2D eigenvalue weighted by Crippen LogP contribution is -2.42. The maximum Gasteiger partial charge on any atom is 0.241 e. The molecule has 0 aliphatic heterocycles. The Morgan fingerprint density at radius 2 is 2.11 bits per heavy atom. The number of hydrogen-bond donors (Lipinski definition) is 2. The highest BCUT2D eigenvalue weighted by Gasteiger charge is 2.29. The second-order valence-corrected chi connectivity index (χ2v) is 4.67. The third-order valence-electron chi connectivity index (χ3n) is 3.45. The van der Waals surface area contributed by atoms with Crippen LogP contribution in [0.25, 0.3) is 0 Å². The molecule has 0 bridgehead atoms. The summed E-state index contributed by atoms with van der Waals surface area (Å²) in [6, 6.07) is 10.8. The van der Waals surface area contributed by atoms with E-state index in [4.69, 9.17) is 11.0 Å². The SMILES string of the molecule is N#CC1CCCC1NC(=O)[C@@H](N)c1ccccc1. The molecule has 3 N–H and O–H groups in total. The number of hydrogen-bond acceptors (Lipinski definition) is 3. The lowest BCUT2D eigenvalue weighted by molar-refractivity contribution is -0.123. The normalized spacial score (nSPS) is 24.2. The van der Waals surface area contributed by atoms with E-state index >= 15 is 0 Å². The monoisotopic (exact) mass is 243 g/mol. The summed E-state index contributed by atoms with van der Waals surface area (Å²) in [5.41, 5.74) is 6.70. The Balaban J connectivity index is 1.98. The molecule has 18 heavy (non-hydrogen) atoms. The maximum atomic E-state index is 12.0. The molecule has 4 nitrogen and oxygen atoms in total. The van der Waals surface area contributed by atoms with Crippen molar-refractivity contribution in [2.24, 2.45) is 11.7 Å². The molecular weight excluding hydrogens is 226 g/mol. The van der Waals surface area contributed by atoms with Gasteiger partial charge in [0.05, 0.1) is 12.0 Å². The molecule has 0 radical (unpaired) electrons. The van der Waals surface area contributed by atoms with Crippen LogP contribution in [0.1, 0.15) is 30.9 Å². The van der Waals surface area contributed by atoms with Gasteiger partial charge in [0.2, 0.25) is 5.91 Å². The largest absolute Gasteiger partial charge is 0.350 e. The molecule has 94 valence electrons. The quantitative estimate of drug-likeness (QED) is 0.844. The molecule has 0 aromatic heterocycles. The minimum Gasteiger partial charge on any atom is -0.350 e. The molecule has 0 heterocycles. The second kappa shape index (κ2) is 5.65. The first-order valence-corrected chi connectivity index (χ1v) is 6.23. The van der Waals surface area contributed by atoms with Gasteiger partial charge in [-0.3, -0.25) is 4.79 Å². The van der Waals surface area contributed by atoms with E-state index in [1.54, 1.807) is 0 Å². The van der Waals surface area contributed by atoms with Gasteiger partial charge in [0.25, 0.3) is 0 Å². The Morgan fingerprint density at radius 1 is 1.39 bits per heavy atom. The third-order valence-corrected chi connectivity index (χ3v) is 3.45. The highest BCUT2D eigenvalue weighted by atomic mass is 16.2. The van der Waals surface area contributed by atoms with E-state index in [2.05, 4.69) is 11.4 Å². The van der Waals surface area contributed by atoms with Gasteiger partial charge in [-0.2, -0.15) is 5.26 Å². The van der Waals surface area contributed by atoms with E-state index in [0.29, 0.717) is 0 Å². The molecule has 0 spiro atoms.